The quantitative estimate of drug-likeness (QED) is 0.599. The normalized spacial score (nSPS) is 17.5. The third-order valence-electron chi connectivity index (χ3n) is 5.18. The van der Waals surface area contributed by atoms with E-state index in [2.05, 4.69) is 20.4 Å². The highest BCUT2D eigenvalue weighted by molar-refractivity contribution is 7.89. The van der Waals surface area contributed by atoms with Gasteiger partial charge in [-0.25, -0.2) is 8.42 Å². The van der Waals surface area contributed by atoms with Crippen molar-refractivity contribution < 1.29 is 17.7 Å². The van der Waals surface area contributed by atoms with Crippen molar-refractivity contribution in [1.82, 2.24) is 24.7 Å². The van der Waals surface area contributed by atoms with Crippen molar-refractivity contribution in [2.45, 2.75) is 38.1 Å². The second-order valence-electron chi connectivity index (χ2n) is 7.45. The Morgan fingerprint density at radius 2 is 2.23 bits per heavy atom. The van der Waals surface area contributed by atoms with Crippen LogP contribution in [0.4, 0.5) is 0 Å². The van der Waals surface area contributed by atoms with Gasteiger partial charge in [-0.05, 0) is 37.5 Å². The fourth-order valence-corrected chi connectivity index (χ4v) is 6.59. The summed E-state index contributed by atoms with van der Waals surface area (Å²) in [5.41, 5.74) is 0.897. The van der Waals surface area contributed by atoms with Crippen LogP contribution in [0.25, 0.3) is 10.7 Å². The molecule has 4 heterocycles. The summed E-state index contributed by atoms with van der Waals surface area (Å²) in [6.45, 7) is 4.36. The van der Waals surface area contributed by atoms with Crippen LogP contribution in [0, 0.1) is 19.8 Å². The first-order valence-corrected chi connectivity index (χ1v) is 12.2. The number of thiophene rings is 1. The summed E-state index contributed by atoms with van der Waals surface area (Å²) in [4.78, 5) is 22.4. The van der Waals surface area contributed by atoms with Gasteiger partial charge in [-0.2, -0.15) is 9.29 Å². The molecule has 0 radical (unpaired) electrons. The summed E-state index contributed by atoms with van der Waals surface area (Å²) in [6, 6.07) is 5.28. The molecule has 0 bridgehead atoms. The zero-order chi connectivity index (χ0) is 22.0. The van der Waals surface area contributed by atoms with Crippen molar-refractivity contribution in [3.8, 4) is 10.7 Å². The summed E-state index contributed by atoms with van der Waals surface area (Å²) in [7, 11) is -3.74. The first-order chi connectivity index (χ1) is 14.8. The number of nitrogens with zero attached hydrogens (tertiary/aromatic N) is 4. The molecule has 1 amide bonds. The van der Waals surface area contributed by atoms with E-state index in [1.807, 2.05) is 12.1 Å². The topological polar surface area (TPSA) is 118 Å². The second-order valence-corrected chi connectivity index (χ2v) is 10.6. The minimum absolute atomic E-state index is 0.145. The molecule has 0 spiro atoms. The van der Waals surface area contributed by atoms with E-state index in [0.29, 0.717) is 47.4 Å². The lowest BCUT2D eigenvalue weighted by Gasteiger charge is -2.31. The van der Waals surface area contributed by atoms with Crippen LogP contribution in [0.5, 0.6) is 0 Å². The molecule has 1 saturated heterocycles. The van der Waals surface area contributed by atoms with Crippen LogP contribution in [-0.2, 0) is 21.4 Å². The number of aryl methyl sites for hydroxylation is 2. The van der Waals surface area contributed by atoms with Crippen LogP contribution >= 0.6 is 11.3 Å². The first kappa shape index (κ1) is 21.6. The Morgan fingerprint density at radius 1 is 1.39 bits per heavy atom. The Labute approximate surface area is 184 Å². The Bertz CT molecular complexity index is 1170. The Kier molecular flexibility index (Phi) is 6.17. The molecule has 164 valence electrons. The van der Waals surface area contributed by atoms with Gasteiger partial charge in [-0.1, -0.05) is 11.2 Å². The van der Waals surface area contributed by atoms with Gasteiger partial charge in [-0.3, -0.25) is 9.78 Å². The number of rotatable bonds is 6. The predicted octanol–water partition coefficient (Wildman–Crippen LogP) is 2.53. The lowest BCUT2D eigenvalue weighted by molar-refractivity contribution is -0.126. The van der Waals surface area contributed by atoms with Gasteiger partial charge in [0.2, 0.25) is 27.6 Å². The van der Waals surface area contributed by atoms with Crippen LogP contribution in [0.15, 0.2) is 40.0 Å². The molecule has 0 unspecified atom stereocenters. The van der Waals surface area contributed by atoms with Crippen molar-refractivity contribution in [2.24, 2.45) is 5.92 Å². The highest BCUT2D eigenvalue weighted by Crippen LogP contribution is 2.34. The standard InChI is InChI=1S/C20H23N5O4S2/c1-13-18(9-17(30-13)19-23-14(2)29-24-19)31(27,28)25-8-4-6-16(12-25)20(26)22-11-15-5-3-7-21-10-15/h3,5,7,9-10,16H,4,6,8,11-12H2,1-2H3,(H,22,26)/t16-/m0/s1. The Balaban J connectivity index is 1.47. The van der Waals surface area contributed by atoms with E-state index in [4.69, 9.17) is 4.52 Å². The summed E-state index contributed by atoms with van der Waals surface area (Å²) >= 11 is 1.31. The number of hydrogen-bond donors (Lipinski definition) is 1. The van der Waals surface area contributed by atoms with E-state index in [1.54, 1.807) is 32.3 Å². The number of pyridine rings is 1. The van der Waals surface area contributed by atoms with Crippen molar-refractivity contribution >= 4 is 27.3 Å². The zero-order valence-electron chi connectivity index (χ0n) is 17.2. The summed E-state index contributed by atoms with van der Waals surface area (Å²) in [5, 5.41) is 6.77. The molecule has 3 aromatic heterocycles. The van der Waals surface area contributed by atoms with Gasteiger partial charge in [0.15, 0.2) is 0 Å². The predicted molar refractivity (Wildman–Crippen MR) is 115 cm³/mol. The second kappa shape index (κ2) is 8.85. The van der Waals surface area contributed by atoms with Crippen LogP contribution in [0.2, 0.25) is 0 Å². The van der Waals surface area contributed by atoms with Gasteiger partial charge in [0.25, 0.3) is 0 Å². The summed E-state index contributed by atoms with van der Waals surface area (Å²) in [5.74, 6) is 0.257. The molecule has 1 N–H and O–H groups in total. The Hall–Kier alpha value is -2.63. The molecule has 1 aliphatic heterocycles. The molecule has 1 aliphatic rings. The van der Waals surface area contributed by atoms with E-state index in [-0.39, 0.29) is 17.3 Å². The fraction of sp³-hybridized carbons (Fsp3) is 0.400. The number of sulfonamides is 1. The van der Waals surface area contributed by atoms with Crippen molar-refractivity contribution in [3.05, 3.63) is 46.9 Å². The number of nitrogens with one attached hydrogen (secondary N) is 1. The smallest absolute Gasteiger partial charge is 0.244 e. The van der Waals surface area contributed by atoms with E-state index in [0.717, 1.165) is 5.56 Å². The molecule has 31 heavy (non-hydrogen) atoms. The number of carbonyl (C=O) groups is 1. The molecule has 0 aliphatic carbocycles. The van der Waals surface area contributed by atoms with Crippen LogP contribution in [0.3, 0.4) is 0 Å². The van der Waals surface area contributed by atoms with E-state index < -0.39 is 15.9 Å². The molecule has 1 fully saturated rings. The van der Waals surface area contributed by atoms with Gasteiger partial charge in [-0.15, -0.1) is 11.3 Å². The molecule has 9 nitrogen and oxygen atoms in total. The molecule has 0 aromatic carbocycles. The van der Waals surface area contributed by atoms with Crippen molar-refractivity contribution in [1.29, 1.82) is 0 Å². The van der Waals surface area contributed by atoms with Crippen molar-refractivity contribution in [3.63, 3.8) is 0 Å². The monoisotopic (exact) mass is 461 g/mol. The molecule has 3 aromatic rings. The van der Waals surface area contributed by atoms with Gasteiger partial charge in [0.1, 0.15) is 0 Å². The minimum Gasteiger partial charge on any atom is -0.352 e. The summed E-state index contributed by atoms with van der Waals surface area (Å²) < 4.78 is 33.1. The molecule has 0 saturated carbocycles. The molecular weight excluding hydrogens is 438 g/mol. The van der Waals surface area contributed by atoms with E-state index in [9.17, 15) is 13.2 Å². The lowest BCUT2D eigenvalue weighted by Crippen LogP contribution is -2.45. The van der Waals surface area contributed by atoms with E-state index >= 15 is 0 Å². The SMILES string of the molecule is Cc1nc(-c2cc(S(=O)(=O)N3CCC[C@H](C(=O)NCc4cccnc4)C3)c(C)s2)no1. The fourth-order valence-electron chi connectivity index (χ4n) is 3.58. The van der Waals surface area contributed by atoms with E-state index in [1.165, 1.54) is 15.6 Å². The van der Waals surface area contributed by atoms with Crippen LogP contribution in [0.1, 0.15) is 29.2 Å². The maximum atomic E-state index is 13.3. The number of hydrogen-bond acceptors (Lipinski definition) is 8. The molecule has 4 rings (SSSR count). The number of carbonyl (C=O) groups excluding carboxylic acids is 1. The minimum atomic E-state index is -3.74. The van der Waals surface area contributed by atoms with Crippen molar-refractivity contribution in [2.75, 3.05) is 13.1 Å². The average Bonchev–Trinajstić information content (AvgIpc) is 3.38. The highest BCUT2D eigenvalue weighted by atomic mass is 32.2. The number of amides is 1. The summed E-state index contributed by atoms with van der Waals surface area (Å²) in [6.07, 6.45) is 4.65. The zero-order valence-corrected chi connectivity index (χ0v) is 18.9. The van der Waals surface area contributed by atoms with Gasteiger partial charge in [0, 0.05) is 43.8 Å². The lowest BCUT2D eigenvalue weighted by atomic mass is 9.99. The highest BCUT2D eigenvalue weighted by Gasteiger charge is 2.35. The number of aromatic nitrogens is 3. The largest absolute Gasteiger partial charge is 0.352 e. The van der Waals surface area contributed by atoms with Gasteiger partial charge >= 0.3 is 0 Å². The Morgan fingerprint density at radius 3 is 2.94 bits per heavy atom. The third kappa shape index (κ3) is 4.68. The van der Waals surface area contributed by atoms with Crippen LogP contribution < -0.4 is 5.32 Å². The van der Waals surface area contributed by atoms with Gasteiger partial charge < -0.3 is 9.84 Å². The molecule has 1 atom stereocenters. The van der Waals surface area contributed by atoms with Crippen LogP contribution in [-0.4, -0.2) is 46.8 Å². The third-order valence-corrected chi connectivity index (χ3v) is 8.35. The maximum Gasteiger partial charge on any atom is 0.244 e. The average molecular weight is 462 g/mol. The number of piperidine rings is 1. The maximum absolute atomic E-state index is 13.3. The molecule has 11 heteroatoms. The molecular formula is C20H23N5O4S2. The first-order valence-electron chi connectivity index (χ1n) is 9.92. The van der Waals surface area contributed by atoms with Gasteiger partial charge in [0.05, 0.1) is 15.7 Å².